The molecular weight excluding hydrogens is 418 g/mol. The number of pyridine rings is 1. The van der Waals surface area contributed by atoms with E-state index in [2.05, 4.69) is 20.3 Å². The van der Waals surface area contributed by atoms with Gasteiger partial charge in [-0.2, -0.15) is 0 Å². The molecular formula is C19H20F2N4O4S. The minimum Gasteiger partial charge on any atom is -0.320 e. The number of aromatic nitrogens is 1. The number of anilines is 3. The molecule has 3 rings (SSSR count). The van der Waals surface area contributed by atoms with Crippen molar-refractivity contribution in [3.63, 3.8) is 0 Å². The maximum Gasteiger partial charge on any atom is 0.261 e. The first-order chi connectivity index (χ1) is 14.2. The number of rotatable bonds is 6. The van der Waals surface area contributed by atoms with Crippen LogP contribution in [-0.4, -0.2) is 30.5 Å². The van der Waals surface area contributed by atoms with E-state index in [9.17, 15) is 26.8 Å². The number of carbonyl (C=O) groups excluding carboxylic acids is 2. The topological polar surface area (TPSA) is 117 Å². The summed E-state index contributed by atoms with van der Waals surface area (Å²) in [6.07, 6.45) is 3.66. The molecule has 0 bridgehead atoms. The molecule has 11 heteroatoms. The van der Waals surface area contributed by atoms with Gasteiger partial charge in [0.25, 0.3) is 5.91 Å². The van der Waals surface area contributed by atoms with E-state index in [0.717, 1.165) is 25.0 Å². The number of benzene rings is 1. The number of halogens is 2. The Bertz CT molecular complexity index is 1070. The Morgan fingerprint density at radius 2 is 1.77 bits per heavy atom. The van der Waals surface area contributed by atoms with Gasteiger partial charge in [0.1, 0.15) is 17.2 Å². The third-order valence-corrected chi connectivity index (χ3v) is 6.49. The monoisotopic (exact) mass is 438 g/mol. The molecule has 1 fully saturated rings. The van der Waals surface area contributed by atoms with E-state index in [-0.39, 0.29) is 17.4 Å². The number of carbonyl (C=O) groups is 2. The van der Waals surface area contributed by atoms with E-state index < -0.39 is 44.1 Å². The minimum atomic E-state index is -3.85. The summed E-state index contributed by atoms with van der Waals surface area (Å²) in [6, 6.07) is 4.55. The Balaban J connectivity index is 1.80. The lowest BCUT2D eigenvalue weighted by Gasteiger charge is -2.15. The van der Waals surface area contributed by atoms with Crippen molar-refractivity contribution in [3.8, 4) is 0 Å². The van der Waals surface area contributed by atoms with Crippen LogP contribution in [0.2, 0.25) is 0 Å². The average molecular weight is 438 g/mol. The molecule has 1 aromatic carbocycles. The van der Waals surface area contributed by atoms with Crippen LogP contribution in [0.1, 0.15) is 43.0 Å². The van der Waals surface area contributed by atoms with Crippen LogP contribution >= 0.6 is 0 Å². The molecule has 1 aliphatic rings. The SMILES string of the molecule is CC(=O)Nc1ccc(NC(=O)c2c(F)ccc(NS(=O)(=O)C3CCCC3)c2F)cn1. The first-order valence-electron chi connectivity index (χ1n) is 9.22. The van der Waals surface area contributed by atoms with Crippen molar-refractivity contribution in [2.45, 2.75) is 37.9 Å². The summed E-state index contributed by atoms with van der Waals surface area (Å²) in [5.74, 6) is -3.66. The lowest BCUT2D eigenvalue weighted by molar-refractivity contribution is -0.114. The van der Waals surface area contributed by atoms with Gasteiger partial charge >= 0.3 is 0 Å². The van der Waals surface area contributed by atoms with E-state index in [1.54, 1.807) is 0 Å². The van der Waals surface area contributed by atoms with Gasteiger partial charge in [-0.25, -0.2) is 22.2 Å². The van der Waals surface area contributed by atoms with Crippen molar-refractivity contribution >= 4 is 39.0 Å². The van der Waals surface area contributed by atoms with Crippen LogP contribution in [0.25, 0.3) is 0 Å². The first kappa shape index (κ1) is 21.6. The number of nitrogens with one attached hydrogen (secondary N) is 3. The van der Waals surface area contributed by atoms with Gasteiger partial charge in [0.05, 0.1) is 22.8 Å². The van der Waals surface area contributed by atoms with Gasteiger partial charge < -0.3 is 10.6 Å². The van der Waals surface area contributed by atoms with Crippen LogP contribution < -0.4 is 15.4 Å². The standard InChI is InChI=1S/C19H20F2N4O4S/c1-11(26)23-16-9-6-12(10-22-16)24-19(27)17-14(20)7-8-15(18(17)21)25-30(28,29)13-4-2-3-5-13/h6-10,13,25H,2-5H2,1H3,(H,24,27)(H,22,23,26). The largest absolute Gasteiger partial charge is 0.320 e. The van der Waals surface area contributed by atoms with Crippen molar-refractivity contribution in [1.82, 2.24) is 4.98 Å². The molecule has 0 saturated heterocycles. The van der Waals surface area contributed by atoms with Gasteiger partial charge in [0, 0.05) is 6.92 Å². The van der Waals surface area contributed by atoms with E-state index in [4.69, 9.17) is 0 Å². The molecule has 2 aromatic rings. The normalized spacial score (nSPS) is 14.4. The number of sulfonamides is 1. The smallest absolute Gasteiger partial charge is 0.261 e. The summed E-state index contributed by atoms with van der Waals surface area (Å²) >= 11 is 0. The maximum absolute atomic E-state index is 14.8. The fourth-order valence-electron chi connectivity index (χ4n) is 3.19. The molecule has 0 spiro atoms. The fraction of sp³-hybridized carbons (Fsp3) is 0.316. The highest BCUT2D eigenvalue weighted by Gasteiger charge is 2.30. The molecule has 3 N–H and O–H groups in total. The Labute approximate surface area is 172 Å². The second-order valence-electron chi connectivity index (χ2n) is 6.90. The number of hydrogen-bond acceptors (Lipinski definition) is 5. The van der Waals surface area contributed by atoms with E-state index in [1.165, 1.54) is 25.3 Å². The van der Waals surface area contributed by atoms with Crippen molar-refractivity contribution in [1.29, 1.82) is 0 Å². The molecule has 1 aromatic heterocycles. The van der Waals surface area contributed by atoms with Gasteiger partial charge in [-0.15, -0.1) is 0 Å². The average Bonchev–Trinajstić information content (AvgIpc) is 3.21. The van der Waals surface area contributed by atoms with Crippen LogP contribution in [0.3, 0.4) is 0 Å². The molecule has 1 aliphatic carbocycles. The summed E-state index contributed by atoms with van der Waals surface area (Å²) in [6.45, 7) is 1.30. The van der Waals surface area contributed by atoms with Crippen molar-refractivity contribution in [2.24, 2.45) is 0 Å². The molecule has 0 unspecified atom stereocenters. The van der Waals surface area contributed by atoms with E-state index in [0.29, 0.717) is 12.8 Å². The predicted octanol–water partition coefficient (Wildman–Crippen LogP) is 3.25. The van der Waals surface area contributed by atoms with Crippen molar-refractivity contribution < 1.29 is 26.8 Å². The van der Waals surface area contributed by atoms with Crippen LogP contribution in [-0.2, 0) is 14.8 Å². The van der Waals surface area contributed by atoms with Crippen molar-refractivity contribution in [3.05, 3.63) is 47.7 Å². The summed E-state index contributed by atoms with van der Waals surface area (Å²) in [5, 5.41) is 4.09. The molecule has 0 atom stereocenters. The van der Waals surface area contributed by atoms with Gasteiger partial charge in [-0.1, -0.05) is 12.8 Å². The van der Waals surface area contributed by atoms with Gasteiger partial charge in [-0.05, 0) is 37.1 Å². The zero-order valence-corrected chi connectivity index (χ0v) is 16.9. The van der Waals surface area contributed by atoms with Crippen LogP contribution in [0.15, 0.2) is 30.5 Å². The van der Waals surface area contributed by atoms with Crippen molar-refractivity contribution in [2.75, 3.05) is 15.4 Å². The highest BCUT2D eigenvalue weighted by molar-refractivity contribution is 7.93. The van der Waals surface area contributed by atoms with E-state index in [1.807, 2.05) is 0 Å². The summed E-state index contributed by atoms with van der Waals surface area (Å²) in [4.78, 5) is 27.3. The molecule has 1 heterocycles. The lowest BCUT2D eigenvalue weighted by Crippen LogP contribution is -2.26. The third-order valence-electron chi connectivity index (χ3n) is 4.64. The molecule has 1 saturated carbocycles. The highest BCUT2D eigenvalue weighted by Crippen LogP contribution is 2.29. The van der Waals surface area contributed by atoms with Gasteiger partial charge in [-0.3, -0.25) is 14.3 Å². The molecule has 8 nitrogen and oxygen atoms in total. The zero-order valence-electron chi connectivity index (χ0n) is 16.0. The molecule has 160 valence electrons. The lowest BCUT2D eigenvalue weighted by atomic mass is 10.1. The Morgan fingerprint density at radius 1 is 1.07 bits per heavy atom. The highest BCUT2D eigenvalue weighted by atomic mass is 32.2. The number of nitrogens with zero attached hydrogens (tertiary/aromatic N) is 1. The van der Waals surface area contributed by atoms with Crippen LogP contribution in [0.5, 0.6) is 0 Å². The minimum absolute atomic E-state index is 0.129. The molecule has 0 aliphatic heterocycles. The third kappa shape index (κ3) is 4.90. The first-order valence-corrected chi connectivity index (χ1v) is 10.8. The Hall–Kier alpha value is -3.08. The second-order valence-corrected chi connectivity index (χ2v) is 8.87. The molecule has 2 amide bonds. The van der Waals surface area contributed by atoms with Crippen LogP contribution in [0, 0.1) is 11.6 Å². The molecule has 30 heavy (non-hydrogen) atoms. The summed E-state index contributed by atoms with van der Waals surface area (Å²) < 4.78 is 56.0. The fourth-order valence-corrected chi connectivity index (χ4v) is 4.78. The Morgan fingerprint density at radius 3 is 2.37 bits per heavy atom. The second kappa shape index (κ2) is 8.74. The predicted molar refractivity (Wildman–Crippen MR) is 108 cm³/mol. The maximum atomic E-state index is 14.8. The van der Waals surface area contributed by atoms with Crippen LogP contribution in [0.4, 0.5) is 26.0 Å². The Kier molecular flexibility index (Phi) is 6.30. The summed E-state index contributed by atoms with van der Waals surface area (Å²) in [5.41, 5.74) is -1.29. The van der Waals surface area contributed by atoms with Gasteiger partial charge in [0.15, 0.2) is 5.82 Å². The van der Waals surface area contributed by atoms with Gasteiger partial charge in [0.2, 0.25) is 15.9 Å². The quantitative estimate of drug-likeness (QED) is 0.640. The van der Waals surface area contributed by atoms with E-state index >= 15 is 0 Å². The summed E-state index contributed by atoms with van der Waals surface area (Å²) in [7, 11) is -3.85. The zero-order chi connectivity index (χ0) is 21.9. The number of hydrogen-bond donors (Lipinski definition) is 3. The molecule has 0 radical (unpaired) electrons. The number of amides is 2.